The molecule has 2 N–H and O–H groups in total. The van der Waals surface area contributed by atoms with E-state index in [4.69, 9.17) is 0 Å². The zero-order valence-electron chi connectivity index (χ0n) is 9.15. The summed E-state index contributed by atoms with van der Waals surface area (Å²) in [6, 6.07) is 0.398. The summed E-state index contributed by atoms with van der Waals surface area (Å²) in [7, 11) is 0. The molecular weight excluding hydrogens is 204 g/mol. The van der Waals surface area contributed by atoms with Crippen molar-refractivity contribution in [3.05, 3.63) is 24.3 Å². The lowest BCUT2D eigenvalue weighted by molar-refractivity contribution is 0.0980. The highest BCUT2D eigenvalue weighted by Gasteiger charge is 2.14. The second-order valence-electron chi connectivity index (χ2n) is 3.94. The Bertz CT molecular complexity index is 335. The minimum absolute atomic E-state index is 0.00123. The van der Waals surface area contributed by atoms with Gasteiger partial charge in [-0.3, -0.25) is 9.78 Å². The van der Waals surface area contributed by atoms with Gasteiger partial charge in [-0.1, -0.05) is 0 Å². The van der Waals surface area contributed by atoms with Crippen molar-refractivity contribution in [2.24, 2.45) is 0 Å². The zero-order chi connectivity index (χ0) is 11.2. The van der Waals surface area contributed by atoms with Crippen molar-refractivity contribution in [3.63, 3.8) is 0 Å². The molecule has 1 aliphatic rings. The third kappa shape index (κ3) is 3.08. The van der Waals surface area contributed by atoms with Gasteiger partial charge in [0, 0.05) is 25.0 Å². The highest BCUT2D eigenvalue weighted by atomic mass is 16.1. The minimum Gasteiger partial charge on any atom is -0.315 e. The number of hydrogen-bond donors (Lipinski definition) is 2. The maximum Gasteiger partial charge on any atom is 0.196 e. The van der Waals surface area contributed by atoms with Crippen molar-refractivity contribution in [2.75, 3.05) is 19.6 Å². The van der Waals surface area contributed by atoms with Crippen molar-refractivity contribution >= 4 is 5.78 Å². The first-order valence-electron chi connectivity index (χ1n) is 5.59. The molecule has 2 heterocycles. The summed E-state index contributed by atoms with van der Waals surface area (Å²) >= 11 is 0. The van der Waals surface area contributed by atoms with Crippen LogP contribution in [0, 0.1) is 0 Å². The average Bonchev–Trinajstić information content (AvgIpc) is 2.38. The van der Waals surface area contributed by atoms with Gasteiger partial charge in [-0.2, -0.15) is 0 Å². The van der Waals surface area contributed by atoms with Crippen LogP contribution in [0.2, 0.25) is 0 Å². The number of ketones is 1. The molecule has 1 saturated heterocycles. The molecule has 5 nitrogen and oxygen atoms in total. The number of nitrogens with one attached hydrogen (secondary N) is 2. The quantitative estimate of drug-likeness (QED) is 0.699. The van der Waals surface area contributed by atoms with Gasteiger partial charge in [0.2, 0.25) is 0 Å². The van der Waals surface area contributed by atoms with Gasteiger partial charge >= 0.3 is 0 Å². The van der Waals surface area contributed by atoms with Crippen molar-refractivity contribution in [2.45, 2.75) is 18.9 Å². The fraction of sp³-hybridized carbons (Fsp3) is 0.545. The second kappa shape index (κ2) is 5.67. The van der Waals surface area contributed by atoms with Crippen LogP contribution in [-0.4, -0.2) is 41.4 Å². The Balaban J connectivity index is 1.79. The molecule has 86 valence electrons. The van der Waals surface area contributed by atoms with Gasteiger partial charge in [0.1, 0.15) is 5.69 Å². The fourth-order valence-corrected chi connectivity index (χ4v) is 1.80. The van der Waals surface area contributed by atoms with Gasteiger partial charge in [-0.15, -0.1) is 0 Å². The van der Waals surface area contributed by atoms with Crippen LogP contribution in [-0.2, 0) is 0 Å². The van der Waals surface area contributed by atoms with Crippen LogP contribution in [0.5, 0.6) is 0 Å². The van der Waals surface area contributed by atoms with Crippen molar-refractivity contribution in [1.29, 1.82) is 0 Å². The summed E-state index contributed by atoms with van der Waals surface area (Å²) in [4.78, 5) is 19.6. The van der Waals surface area contributed by atoms with Gasteiger partial charge in [0.25, 0.3) is 0 Å². The van der Waals surface area contributed by atoms with Crippen molar-refractivity contribution in [3.8, 4) is 0 Å². The number of hydrogen-bond acceptors (Lipinski definition) is 5. The molecule has 0 radical (unpaired) electrons. The third-order valence-electron chi connectivity index (χ3n) is 2.70. The molecule has 1 atom stereocenters. The molecule has 0 aliphatic carbocycles. The molecule has 2 rings (SSSR count). The molecule has 5 heteroatoms. The SMILES string of the molecule is O=C(CN[C@H]1CCCNC1)c1cnccn1. The maximum atomic E-state index is 11.7. The highest BCUT2D eigenvalue weighted by molar-refractivity contribution is 5.95. The van der Waals surface area contributed by atoms with Gasteiger partial charge < -0.3 is 10.6 Å². The summed E-state index contributed by atoms with van der Waals surface area (Å²) in [6.07, 6.45) is 6.89. The van der Waals surface area contributed by atoms with E-state index in [2.05, 4.69) is 20.6 Å². The van der Waals surface area contributed by atoms with E-state index in [1.807, 2.05) is 0 Å². The molecule has 1 aliphatic heterocycles. The molecule has 1 fully saturated rings. The van der Waals surface area contributed by atoms with Crippen LogP contribution < -0.4 is 10.6 Å². The molecule has 0 saturated carbocycles. The van der Waals surface area contributed by atoms with E-state index in [-0.39, 0.29) is 5.78 Å². The lowest BCUT2D eigenvalue weighted by atomic mass is 10.1. The molecule has 0 spiro atoms. The molecule has 16 heavy (non-hydrogen) atoms. The first-order chi connectivity index (χ1) is 7.86. The van der Waals surface area contributed by atoms with E-state index < -0.39 is 0 Å². The summed E-state index contributed by atoms with van der Waals surface area (Å²) in [5.41, 5.74) is 0.429. The van der Waals surface area contributed by atoms with Gasteiger partial charge in [0.05, 0.1) is 12.7 Å². The Labute approximate surface area is 94.7 Å². The summed E-state index contributed by atoms with van der Waals surface area (Å²) < 4.78 is 0. The standard InChI is InChI=1S/C11H16N4O/c16-11(10-7-13-4-5-14-10)8-15-9-2-1-3-12-6-9/h4-5,7,9,12,15H,1-3,6,8H2/t9-/m0/s1. The Morgan fingerprint density at radius 3 is 3.19 bits per heavy atom. The van der Waals surface area contributed by atoms with E-state index in [0.717, 1.165) is 25.9 Å². The van der Waals surface area contributed by atoms with E-state index in [1.165, 1.54) is 12.4 Å². The Kier molecular flexibility index (Phi) is 3.96. The Morgan fingerprint density at radius 1 is 1.56 bits per heavy atom. The molecule has 0 aromatic carbocycles. The number of carbonyl (C=O) groups is 1. The van der Waals surface area contributed by atoms with Crippen LogP contribution in [0.1, 0.15) is 23.3 Å². The Morgan fingerprint density at radius 2 is 2.50 bits per heavy atom. The predicted molar refractivity (Wildman–Crippen MR) is 60.3 cm³/mol. The summed E-state index contributed by atoms with van der Waals surface area (Å²) in [6.45, 7) is 2.36. The van der Waals surface area contributed by atoms with E-state index in [9.17, 15) is 4.79 Å². The first kappa shape index (κ1) is 11.2. The van der Waals surface area contributed by atoms with E-state index in [1.54, 1.807) is 6.20 Å². The van der Waals surface area contributed by atoms with Crippen molar-refractivity contribution in [1.82, 2.24) is 20.6 Å². The molecule has 1 aromatic heterocycles. The second-order valence-corrected chi connectivity index (χ2v) is 3.94. The van der Waals surface area contributed by atoms with Crippen LogP contribution in [0.25, 0.3) is 0 Å². The number of aromatic nitrogens is 2. The molecule has 1 aromatic rings. The van der Waals surface area contributed by atoms with Crippen LogP contribution in [0.15, 0.2) is 18.6 Å². The largest absolute Gasteiger partial charge is 0.315 e. The minimum atomic E-state index is -0.00123. The normalized spacial score (nSPS) is 20.6. The number of nitrogens with zero attached hydrogens (tertiary/aromatic N) is 2. The Hall–Kier alpha value is -1.33. The molecule has 0 amide bonds. The third-order valence-corrected chi connectivity index (χ3v) is 2.70. The summed E-state index contributed by atoms with van der Waals surface area (Å²) in [5.74, 6) is -0.00123. The molecule has 0 bridgehead atoms. The lowest BCUT2D eigenvalue weighted by Gasteiger charge is -2.23. The van der Waals surface area contributed by atoms with Crippen molar-refractivity contribution < 1.29 is 4.79 Å². The smallest absolute Gasteiger partial charge is 0.196 e. The fourth-order valence-electron chi connectivity index (χ4n) is 1.80. The number of piperidine rings is 1. The van der Waals surface area contributed by atoms with Gasteiger partial charge in [-0.25, -0.2) is 4.98 Å². The summed E-state index contributed by atoms with van der Waals surface area (Å²) in [5, 5.41) is 6.54. The van der Waals surface area contributed by atoms with E-state index >= 15 is 0 Å². The highest BCUT2D eigenvalue weighted by Crippen LogP contribution is 2.01. The maximum absolute atomic E-state index is 11.7. The number of rotatable bonds is 4. The topological polar surface area (TPSA) is 66.9 Å². The van der Waals surface area contributed by atoms with Gasteiger partial charge in [-0.05, 0) is 19.4 Å². The first-order valence-corrected chi connectivity index (χ1v) is 5.59. The number of carbonyl (C=O) groups excluding carboxylic acids is 1. The average molecular weight is 220 g/mol. The molecule has 0 unspecified atom stereocenters. The number of Topliss-reactive ketones (excluding diaryl/α,β-unsaturated/α-hetero) is 1. The molecular formula is C11H16N4O. The zero-order valence-corrected chi connectivity index (χ0v) is 9.15. The van der Waals surface area contributed by atoms with Gasteiger partial charge in [0.15, 0.2) is 5.78 Å². The van der Waals surface area contributed by atoms with Crippen LogP contribution in [0.3, 0.4) is 0 Å². The predicted octanol–water partition coefficient (Wildman–Crippen LogP) is 0.000900. The lowest BCUT2D eigenvalue weighted by Crippen LogP contribution is -2.44. The van der Waals surface area contributed by atoms with Crippen LogP contribution >= 0.6 is 0 Å². The monoisotopic (exact) mass is 220 g/mol. The van der Waals surface area contributed by atoms with Crippen LogP contribution in [0.4, 0.5) is 0 Å². The van der Waals surface area contributed by atoms with E-state index in [0.29, 0.717) is 18.3 Å².